The van der Waals surface area contributed by atoms with Crippen molar-refractivity contribution in [2.24, 2.45) is 0 Å². The molecule has 0 aliphatic carbocycles. The highest BCUT2D eigenvalue weighted by atomic mass is 31.2. The van der Waals surface area contributed by atoms with Gasteiger partial charge in [-0.2, -0.15) is 0 Å². The van der Waals surface area contributed by atoms with Crippen LogP contribution < -0.4 is 0 Å². The van der Waals surface area contributed by atoms with Gasteiger partial charge in [0.05, 0.1) is 6.61 Å². The minimum absolute atomic E-state index is 0.202. The van der Waals surface area contributed by atoms with Crippen molar-refractivity contribution in [3.63, 3.8) is 0 Å². The fraction of sp³-hybridized carbons (Fsp3) is 0.167. The lowest BCUT2D eigenvalue weighted by atomic mass is 10.0. The topological polar surface area (TPSA) is 26.3 Å². The minimum Gasteiger partial charge on any atom is -0.322 e. The first-order valence-electron chi connectivity index (χ1n) is 4.85. The van der Waals surface area contributed by atoms with Gasteiger partial charge in [-0.25, -0.2) is 0 Å². The Morgan fingerprint density at radius 2 is 2.13 bits per heavy atom. The zero-order chi connectivity index (χ0) is 10.7. The summed E-state index contributed by atoms with van der Waals surface area (Å²) in [6.07, 6.45) is 1.95. The molecule has 1 aliphatic heterocycles. The highest BCUT2D eigenvalue weighted by molar-refractivity contribution is 7.65. The standard InChI is InChI=1S/C12H13O2P/c1-2-15(13)9-8-12(10-14-15)11-6-4-3-5-7-11/h2-9,12H,1,10H2/t12-,15+/m0/s1. The maximum absolute atomic E-state index is 11.8. The second kappa shape index (κ2) is 4.18. The van der Waals surface area contributed by atoms with Crippen molar-refractivity contribution in [3.05, 3.63) is 60.2 Å². The average molecular weight is 220 g/mol. The first-order valence-corrected chi connectivity index (χ1v) is 6.62. The maximum Gasteiger partial charge on any atom is 0.246 e. The average Bonchev–Trinajstić information content (AvgIpc) is 2.31. The lowest BCUT2D eigenvalue weighted by Crippen LogP contribution is -2.07. The number of benzene rings is 1. The molecule has 0 unspecified atom stereocenters. The number of rotatable bonds is 2. The monoisotopic (exact) mass is 220 g/mol. The predicted octanol–water partition coefficient (Wildman–Crippen LogP) is 3.74. The largest absolute Gasteiger partial charge is 0.322 e. The zero-order valence-electron chi connectivity index (χ0n) is 8.37. The van der Waals surface area contributed by atoms with E-state index in [1.165, 1.54) is 11.4 Å². The van der Waals surface area contributed by atoms with E-state index in [1.54, 1.807) is 5.82 Å². The predicted molar refractivity (Wildman–Crippen MR) is 62.1 cm³/mol. The Kier molecular flexibility index (Phi) is 2.90. The molecule has 15 heavy (non-hydrogen) atoms. The van der Waals surface area contributed by atoms with Crippen molar-refractivity contribution in [2.45, 2.75) is 5.92 Å². The third-order valence-electron chi connectivity index (χ3n) is 2.46. The quantitative estimate of drug-likeness (QED) is 0.710. The van der Waals surface area contributed by atoms with Crippen LogP contribution in [-0.4, -0.2) is 6.61 Å². The lowest BCUT2D eigenvalue weighted by Gasteiger charge is -2.21. The molecule has 2 nitrogen and oxygen atoms in total. The van der Waals surface area contributed by atoms with Crippen molar-refractivity contribution in [3.8, 4) is 0 Å². The van der Waals surface area contributed by atoms with E-state index < -0.39 is 7.37 Å². The van der Waals surface area contributed by atoms with Crippen LogP contribution in [0.5, 0.6) is 0 Å². The van der Waals surface area contributed by atoms with E-state index in [2.05, 4.69) is 6.58 Å². The van der Waals surface area contributed by atoms with Gasteiger partial charge in [0.1, 0.15) is 0 Å². The molecule has 0 bridgehead atoms. The van der Waals surface area contributed by atoms with Crippen LogP contribution in [0.25, 0.3) is 0 Å². The lowest BCUT2D eigenvalue weighted by molar-refractivity contribution is 0.308. The second-order valence-electron chi connectivity index (χ2n) is 3.48. The van der Waals surface area contributed by atoms with Crippen molar-refractivity contribution in [1.29, 1.82) is 0 Å². The smallest absolute Gasteiger partial charge is 0.246 e. The second-order valence-corrected chi connectivity index (χ2v) is 5.69. The van der Waals surface area contributed by atoms with Gasteiger partial charge in [-0.05, 0) is 11.4 Å². The fourth-order valence-electron chi connectivity index (χ4n) is 1.54. The van der Waals surface area contributed by atoms with Gasteiger partial charge in [-0.15, -0.1) is 0 Å². The molecule has 3 heteroatoms. The molecule has 0 saturated heterocycles. The van der Waals surface area contributed by atoms with Crippen molar-refractivity contribution >= 4 is 7.37 Å². The van der Waals surface area contributed by atoms with Gasteiger partial charge in [0.2, 0.25) is 7.37 Å². The summed E-state index contributed by atoms with van der Waals surface area (Å²) in [6.45, 7) is 3.98. The molecule has 2 atom stereocenters. The molecule has 0 N–H and O–H groups in total. The van der Waals surface area contributed by atoms with E-state index >= 15 is 0 Å². The summed E-state index contributed by atoms with van der Waals surface area (Å²) in [7, 11) is -2.67. The molecule has 78 valence electrons. The number of hydrogen-bond acceptors (Lipinski definition) is 2. The molecule has 0 saturated carbocycles. The Labute approximate surface area is 89.7 Å². The van der Waals surface area contributed by atoms with E-state index in [0.29, 0.717) is 6.61 Å². The Morgan fingerprint density at radius 3 is 2.67 bits per heavy atom. The molecule has 0 amide bonds. The van der Waals surface area contributed by atoms with Gasteiger partial charge in [0.25, 0.3) is 0 Å². The Balaban J connectivity index is 2.21. The Hall–Kier alpha value is -1.11. The molecule has 0 radical (unpaired) electrons. The summed E-state index contributed by atoms with van der Waals surface area (Å²) in [6, 6.07) is 10.0. The normalized spacial score (nSPS) is 30.0. The molecule has 1 aliphatic rings. The van der Waals surface area contributed by atoms with Crippen LogP contribution in [0.4, 0.5) is 0 Å². The van der Waals surface area contributed by atoms with Crippen molar-refractivity contribution in [2.75, 3.05) is 6.61 Å². The Bertz CT molecular complexity index is 423. The summed E-state index contributed by atoms with van der Waals surface area (Å²) in [5.74, 6) is 3.24. The van der Waals surface area contributed by atoms with E-state index in [9.17, 15) is 4.57 Å². The van der Waals surface area contributed by atoms with Gasteiger partial charge >= 0.3 is 0 Å². The van der Waals surface area contributed by atoms with Gasteiger partial charge < -0.3 is 4.52 Å². The summed E-state index contributed by atoms with van der Waals surface area (Å²) < 4.78 is 17.1. The first kappa shape index (κ1) is 10.4. The molecule has 1 heterocycles. The van der Waals surface area contributed by atoms with E-state index in [4.69, 9.17) is 4.52 Å². The van der Waals surface area contributed by atoms with Gasteiger partial charge in [-0.1, -0.05) is 43.0 Å². The fourth-order valence-corrected chi connectivity index (χ4v) is 2.69. The van der Waals surface area contributed by atoms with Gasteiger partial charge in [0.15, 0.2) is 0 Å². The first-order chi connectivity index (χ1) is 7.23. The van der Waals surface area contributed by atoms with E-state index in [1.807, 2.05) is 36.4 Å². The molecule has 2 rings (SSSR count). The summed E-state index contributed by atoms with van der Waals surface area (Å²) >= 11 is 0. The third-order valence-corrected chi connectivity index (χ3v) is 4.11. The highest BCUT2D eigenvalue weighted by Gasteiger charge is 2.23. The van der Waals surface area contributed by atoms with Crippen molar-refractivity contribution in [1.82, 2.24) is 0 Å². The van der Waals surface area contributed by atoms with Gasteiger partial charge in [-0.3, -0.25) is 4.57 Å². The summed E-state index contributed by atoms with van der Waals surface area (Å²) in [4.78, 5) is 0. The molecule has 0 fully saturated rings. The van der Waals surface area contributed by atoms with Crippen LogP contribution in [0.2, 0.25) is 0 Å². The van der Waals surface area contributed by atoms with Crippen LogP contribution in [0.3, 0.4) is 0 Å². The third kappa shape index (κ3) is 2.28. The molecular formula is C12H13O2P. The van der Waals surface area contributed by atoms with E-state index in [0.717, 1.165) is 0 Å². The SMILES string of the molecule is C=C[P@]1(=O)C=C[C@H](c2ccccc2)CO1. The van der Waals surface area contributed by atoms with Crippen LogP contribution in [0.15, 0.2) is 54.6 Å². The van der Waals surface area contributed by atoms with Crippen LogP contribution >= 0.6 is 7.37 Å². The Morgan fingerprint density at radius 1 is 1.40 bits per heavy atom. The number of hydrogen-bond donors (Lipinski definition) is 0. The van der Waals surface area contributed by atoms with E-state index in [-0.39, 0.29) is 5.92 Å². The van der Waals surface area contributed by atoms with Gasteiger partial charge in [0, 0.05) is 11.7 Å². The zero-order valence-corrected chi connectivity index (χ0v) is 9.27. The molecule has 0 spiro atoms. The maximum atomic E-state index is 11.8. The highest BCUT2D eigenvalue weighted by Crippen LogP contribution is 2.53. The minimum atomic E-state index is -2.67. The molecule has 0 aromatic heterocycles. The van der Waals surface area contributed by atoms with Crippen molar-refractivity contribution < 1.29 is 9.09 Å². The van der Waals surface area contributed by atoms with Crippen LogP contribution in [0.1, 0.15) is 11.5 Å². The van der Waals surface area contributed by atoms with Crippen LogP contribution in [0, 0.1) is 0 Å². The molecular weight excluding hydrogens is 207 g/mol. The molecule has 1 aromatic carbocycles. The summed E-state index contributed by atoms with van der Waals surface area (Å²) in [5.41, 5.74) is 1.18. The van der Waals surface area contributed by atoms with Crippen LogP contribution in [-0.2, 0) is 9.09 Å². The summed E-state index contributed by atoms with van der Waals surface area (Å²) in [5, 5.41) is 0. The molecule has 1 aromatic rings.